The van der Waals surface area contributed by atoms with Crippen molar-refractivity contribution in [1.29, 1.82) is 0 Å². The van der Waals surface area contributed by atoms with Crippen molar-refractivity contribution in [3.05, 3.63) is 186 Å². The SMILES string of the molecule is Cc1cc(C)c(N2CCN(c3c(C)cc(C)cc3C)C2=C2C=CC=C([C](N=C=O)=[Ru]=[C](N=C=O)C3=CC=CC(=C4N(c5c(C)cc(C)cc5C)CCN4c4c(C)cc(C)cc4C)C3OC(C)C)C2OC(C)C)c(C)c1. The maximum absolute atomic E-state index is 12.8. The van der Waals surface area contributed by atoms with E-state index < -0.39 is 28.4 Å². The number of anilines is 4. The second kappa shape index (κ2) is 22.8. The molecular formula is C64H74N6O4Ru. The summed E-state index contributed by atoms with van der Waals surface area (Å²) in [6.07, 6.45) is 14.4. The molecule has 0 bridgehead atoms. The Balaban J connectivity index is 1.37. The van der Waals surface area contributed by atoms with Gasteiger partial charge in [-0.3, -0.25) is 0 Å². The van der Waals surface area contributed by atoms with E-state index in [-0.39, 0.29) is 12.2 Å². The predicted molar refractivity (Wildman–Crippen MR) is 307 cm³/mol. The number of benzene rings is 4. The van der Waals surface area contributed by atoms with Gasteiger partial charge >= 0.3 is 455 Å². The predicted octanol–water partition coefficient (Wildman–Crippen LogP) is 12.8. The first-order valence-corrected chi connectivity index (χ1v) is 28.0. The van der Waals surface area contributed by atoms with Crippen LogP contribution in [0, 0.1) is 83.1 Å². The van der Waals surface area contributed by atoms with Gasteiger partial charge in [-0.05, 0) is 0 Å². The minimum absolute atomic E-state index is 0.216. The molecule has 0 amide bonds. The third-order valence-electron chi connectivity index (χ3n) is 14.2. The molecule has 10 nitrogen and oxygen atoms in total. The standard InChI is InChI=1S/2C32H37N3O2.Ru/c2*1-20(2)37-31-27(18-33-19-36)10-9-11-28(31)32-34(29-23(5)14-21(3)15-24(29)6)12-13-35(32)30-25(7)16-22(4)17-26(30)8;/h2*9-11,14-17,20,31H,12-13H2,1-8H3;. The Morgan fingerprint density at radius 2 is 0.720 bits per heavy atom. The van der Waals surface area contributed by atoms with Gasteiger partial charge < -0.3 is 0 Å². The molecule has 0 spiro atoms. The second-order valence-electron chi connectivity index (χ2n) is 21.3. The van der Waals surface area contributed by atoms with E-state index in [0.29, 0.717) is 19.6 Å². The van der Waals surface area contributed by atoms with Gasteiger partial charge in [0.2, 0.25) is 0 Å². The van der Waals surface area contributed by atoms with Crippen molar-refractivity contribution in [3.63, 3.8) is 0 Å². The Hall–Kier alpha value is -6.44. The van der Waals surface area contributed by atoms with Crippen molar-refractivity contribution in [1.82, 2.24) is 0 Å². The molecule has 0 radical (unpaired) electrons. The molecule has 75 heavy (non-hydrogen) atoms. The van der Waals surface area contributed by atoms with E-state index in [1.54, 1.807) is 0 Å². The van der Waals surface area contributed by atoms with Gasteiger partial charge in [-0.25, -0.2) is 0 Å². The topological polar surface area (TPSA) is 90.3 Å². The normalized spacial score (nSPS) is 17.6. The van der Waals surface area contributed by atoms with Gasteiger partial charge in [0, 0.05) is 0 Å². The van der Waals surface area contributed by atoms with Crippen LogP contribution >= 0.6 is 0 Å². The van der Waals surface area contributed by atoms with Crippen molar-refractivity contribution in [2.24, 2.45) is 9.98 Å². The Kier molecular flexibility index (Phi) is 16.7. The molecule has 2 saturated heterocycles. The van der Waals surface area contributed by atoms with Crippen LogP contribution in [0.15, 0.2) is 129 Å². The van der Waals surface area contributed by atoms with Gasteiger partial charge in [0.05, 0.1) is 0 Å². The summed E-state index contributed by atoms with van der Waals surface area (Å²) in [5.41, 5.74) is 22.3. The summed E-state index contributed by atoms with van der Waals surface area (Å²) in [5, 5.41) is 0. The molecule has 4 aliphatic rings. The quantitative estimate of drug-likeness (QED) is 0.0787. The molecule has 8 rings (SSSR count). The number of hydrogen-bond acceptors (Lipinski definition) is 10. The molecule has 2 aliphatic heterocycles. The van der Waals surface area contributed by atoms with E-state index in [1.165, 1.54) is 66.8 Å². The van der Waals surface area contributed by atoms with Crippen molar-refractivity contribution in [2.45, 2.75) is 135 Å². The van der Waals surface area contributed by atoms with E-state index in [1.807, 2.05) is 64.2 Å². The zero-order chi connectivity index (χ0) is 54.2. The minimum atomic E-state index is -1.24. The number of aryl methyl sites for hydroxylation is 12. The molecule has 11 heteroatoms. The summed E-state index contributed by atoms with van der Waals surface area (Å²) >= 11 is -1.24. The third-order valence-corrected chi connectivity index (χ3v) is 16.4. The maximum atomic E-state index is 12.8. The van der Waals surface area contributed by atoms with Crippen LogP contribution in [0.4, 0.5) is 22.7 Å². The molecular weight excluding hydrogens is 1020 g/mol. The first-order valence-electron chi connectivity index (χ1n) is 26.2. The molecule has 4 aromatic carbocycles. The van der Waals surface area contributed by atoms with Crippen LogP contribution in [-0.2, 0) is 35.3 Å². The molecule has 392 valence electrons. The van der Waals surface area contributed by atoms with Crippen LogP contribution in [0.25, 0.3) is 0 Å². The molecule has 2 fully saturated rings. The molecule has 2 unspecified atom stereocenters. The summed E-state index contributed by atoms with van der Waals surface area (Å²) in [7, 11) is 0. The summed E-state index contributed by atoms with van der Waals surface area (Å²) in [6, 6.07) is 18.0. The molecule has 4 aromatic rings. The molecule has 2 heterocycles. The summed E-state index contributed by atoms with van der Waals surface area (Å²) in [4.78, 5) is 44.6. The zero-order valence-electron chi connectivity index (χ0n) is 46.9. The molecule has 2 atom stereocenters. The first kappa shape index (κ1) is 54.8. The number of isocyanates is 2. The number of allylic oxidation sites excluding steroid dienone is 4. The van der Waals surface area contributed by atoms with Crippen LogP contribution in [-0.4, -0.2) is 71.2 Å². The first-order chi connectivity index (χ1) is 35.7. The summed E-state index contributed by atoms with van der Waals surface area (Å²) in [5.74, 6) is 2.03. The van der Waals surface area contributed by atoms with Gasteiger partial charge in [0.25, 0.3) is 0 Å². The Bertz CT molecular complexity index is 2900. The van der Waals surface area contributed by atoms with Crippen molar-refractivity contribution in [3.8, 4) is 0 Å². The average Bonchev–Trinajstić information content (AvgIpc) is 3.92. The van der Waals surface area contributed by atoms with Gasteiger partial charge in [-0.1, -0.05) is 0 Å². The van der Waals surface area contributed by atoms with Crippen LogP contribution < -0.4 is 19.6 Å². The fourth-order valence-corrected chi connectivity index (χ4v) is 14.2. The molecule has 0 aromatic heterocycles. The van der Waals surface area contributed by atoms with Crippen molar-refractivity contribution < 1.29 is 35.3 Å². The third kappa shape index (κ3) is 11.1. The second-order valence-corrected chi connectivity index (χ2v) is 23.4. The molecule has 2 aliphatic carbocycles. The molecule has 0 saturated carbocycles. The van der Waals surface area contributed by atoms with Crippen LogP contribution in [0.2, 0.25) is 0 Å². The number of rotatable bonds is 12. The van der Waals surface area contributed by atoms with Gasteiger partial charge in [0.1, 0.15) is 0 Å². The Morgan fingerprint density at radius 3 is 0.947 bits per heavy atom. The van der Waals surface area contributed by atoms with Crippen LogP contribution in [0.1, 0.15) is 94.5 Å². The number of nitrogens with zero attached hydrogens (tertiary/aromatic N) is 6. The van der Waals surface area contributed by atoms with Gasteiger partial charge in [-0.15, -0.1) is 0 Å². The van der Waals surface area contributed by atoms with E-state index in [4.69, 9.17) is 9.47 Å². The zero-order valence-corrected chi connectivity index (χ0v) is 48.6. The van der Waals surface area contributed by atoms with E-state index >= 15 is 0 Å². The number of hydrogen-bond donors (Lipinski definition) is 0. The Labute approximate surface area is 452 Å². The fraction of sp³-hybridized carbons (Fsp3) is 0.375. The van der Waals surface area contributed by atoms with Gasteiger partial charge in [0.15, 0.2) is 0 Å². The van der Waals surface area contributed by atoms with Crippen LogP contribution in [0.3, 0.4) is 0 Å². The number of carbonyl (C=O) groups excluding carboxylic acids is 2. The average molecular weight is 1090 g/mol. The van der Waals surface area contributed by atoms with E-state index in [2.05, 4.69) is 173 Å². The molecule has 0 N–H and O–H groups in total. The van der Waals surface area contributed by atoms with E-state index in [0.717, 1.165) is 71.7 Å². The monoisotopic (exact) mass is 1090 g/mol. The summed E-state index contributed by atoms with van der Waals surface area (Å²) < 4.78 is 15.1. The number of ether oxygens (including phenoxy) is 2. The Morgan fingerprint density at radius 1 is 0.467 bits per heavy atom. The fourth-order valence-electron chi connectivity index (χ4n) is 12.2. The van der Waals surface area contributed by atoms with Crippen LogP contribution in [0.5, 0.6) is 0 Å². The summed E-state index contributed by atoms with van der Waals surface area (Å²) in [6.45, 7) is 37.2. The van der Waals surface area contributed by atoms with Gasteiger partial charge in [-0.2, -0.15) is 0 Å². The number of aliphatic imine (C=N–C) groups is 2. The van der Waals surface area contributed by atoms with E-state index in [9.17, 15) is 9.59 Å². The van der Waals surface area contributed by atoms with Crippen molar-refractivity contribution >= 4 is 43.4 Å². The van der Waals surface area contributed by atoms with Crippen molar-refractivity contribution in [2.75, 3.05) is 45.8 Å².